The van der Waals surface area contributed by atoms with Crippen LogP contribution < -0.4 is 10.6 Å². The summed E-state index contributed by atoms with van der Waals surface area (Å²) in [5.74, 6) is -0.147. The van der Waals surface area contributed by atoms with Gasteiger partial charge >= 0.3 is 6.03 Å². The molecule has 0 radical (unpaired) electrons. The topological polar surface area (TPSA) is 61.4 Å². The molecule has 2 aromatic rings. The number of fused-ring (bicyclic) bond motifs is 1. The number of rotatable bonds is 3. The van der Waals surface area contributed by atoms with Crippen molar-refractivity contribution in [1.82, 2.24) is 4.90 Å². The van der Waals surface area contributed by atoms with Crippen molar-refractivity contribution in [3.8, 4) is 0 Å². The molecule has 1 heterocycles. The molecule has 3 amide bonds. The molecular formula is C22H25N3O2. The second-order valence-corrected chi connectivity index (χ2v) is 7.31. The second kappa shape index (κ2) is 7.82. The van der Waals surface area contributed by atoms with Crippen LogP contribution in [-0.2, 0) is 12.8 Å². The van der Waals surface area contributed by atoms with Gasteiger partial charge in [0.1, 0.15) is 0 Å². The smallest absolute Gasteiger partial charge is 0.321 e. The molecule has 2 aliphatic rings. The number of hydrogen-bond acceptors (Lipinski definition) is 2. The molecule has 27 heavy (non-hydrogen) atoms. The maximum absolute atomic E-state index is 12.8. The van der Waals surface area contributed by atoms with Crippen molar-refractivity contribution < 1.29 is 9.59 Å². The Morgan fingerprint density at radius 3 is 2.19 bits per heavy atom. The van der Waals surface area contributed by atoms with Gasteiger partial charge in [-0.05, 0) is 73.9 Å². The van der Waals surface area contributed by atoms with Crippen LogP contribution in [0, 0.1) is 0 Å². The van der Waals surface area contributed by atoms with E-state index in [1.807, 2.05) is 41.3 Å². The molecule has 0 aromatic heterocycles. The fourth-order valence-electron chi connectivity index (χ4n) is 3.88. The molecule has 0 bridgehead atoms. The monoisotopic (exact) mass is 363 g/mol. The summed E-state index contributed by atoms with van der Waals surface area (Å²) >= 11 is 0. The predicted molar refractivity (Wildman–Crippen MR) is 107 cm³/mol. The molecule has 0 spiro atoms. The Hall–Kier alpha value is -2.82. The lowest BCUT2D eigenvalue weighted by Crippen LogP contribution is -2.32. The number of carbonyl (C=O) groups is 2. The van der Waals surface area contributed by atoms with Crippen LogP contribution in [0.4, 0.5) is 16.2 Å². The minimum atomic E-state index is -0.147. The third-order valence-electron chi connectivity index (χ3n) is 5.42. The fraction of sp³-hybridized carbons (Fsp3) is 0.364. The molecule has 1 aliphatic carbocycles. The summed E-state index contributed by atoms with van der Waals surface area (Å²) < 4.78 is 0. The van der Waals surface area contributed by atoms with Crippen LogP contribution in [-0.4, -0.2) is 29.9 Å². The number of carbonyl (C=O) groups excluding carboxylic acids is 2. The third kappa shape index (κ3) is 3.97. The summed E-state index contributed by atoms with van der Waals surface area (Å²) in [5, 5.41) is 5.89. The van der Waals surface area contributed by atoms with Crippen molar-refractivity contribution >= 4 is 23.3 Å². The van der Waals surface area contributed by atoms with Crippen molar-refractivity contribution in [2.75, 3.05) is 23.7 Å². The van der Waals surface area contributed by atoms with Crippen LogP contribution >= 0.6 is 0 Å². The van der Waals surface area contributed by atoms with Crippen LogP contribution in [0.25, 0.3) is 0 Å². The second-order valence-electron chi connectivity index (χ2n) is 7.31. The lowest BCUT2D eigenvalue weighted by atomic mass is 9.90. The highest BCUT2D eigenvalue weighted by Gasteiger charge is 2.19. The van der Waals surface area contributed by atoms with Gasteiger partial charge in [0, 0.05) is 18.7 Å². The largest absolute Gasteiger partial charge is 0.325 e. The SMILES string of the molecule is O=C(Nc1ccccc1NC(=O)N1CCCC1)c1ccc2c(c1)CCCC2. The molecule has 2 N–H and O–H groups in total. The number of amides is 3. The van der Waals surface area contributed by atoms with Crippen LogP contribution in [0.3, 0.4) is 0 Å². The van der Waals surface area contributed by atoms with Gasteiger partial charge in [0.15, 0.2) is 0 Å². The fourth-order valence-corrected chi connectivity index (χ4v) is 3.88. The number of aryl methyl sites for hydroxylation is 2. The van der Waals surface area contributed by atoms with E-state index >= 15 is 0 Å². The van der Waals surface area contributed by atoms with Gasteiger partial charge < -0.3 is 15.5 Å². The minimum absolute atomic E-state index is 0.108. The maximum Gasteiger partial charge on any atom is 0.321 e. The standard InChI is InChI=1S/C22H25N3O2/c26-21(18-12-11-16-7-1-2-8-17(16)15-18)23-19-9-3-4-10-20(19)24-22(27)25-13-5-6-14-25/h3-4,9-12,15H,1-2,5-8,13-14H2,(H,23,26)(H,24,27). The molecule has 0 atom stereocenters. The van der Waals surface area contributed by atoms with Gasteiger partial charge in [0.2, 0.25) is 0 Å². The number of hydrogen-bond donors (Lipinski definition) is 2. The first-order valence-corrected chi connectivity index (χ1v) is 9.79. The molecule has 2 aromatic carbocycles. The normalized spacial score (nSPS) is 15.9. The summed E-state index contributed by atoms with van der Waals surface area (Å²) in [4.78, 5) is 27.0. The first kappa shape index (κ1) is 17.6. The predicted octanol–water partition coefficient (Wildman–Crippen LogP) is 4.45. The molecule has 0 unspecified atom stereocenters. The van der Waals surface area contributed by atoms with Gasteiger partial charge in [-0.1, -0.05) is 18.2 Å². The van der Waals surface area contributed by atoms with Gasteiger partial charge in [0.05, 0.1) is 11.4 Å². The van der Waals surface area contributed by atoms with Gasteiger partial charge in [-0.25, -0.2) is 4.79 Å². The van der Waals surface area contributed by atoms with Gasteiger partial charge in [-0.3, -0.25) is 4.79 Å². The first-order valence-electron chi connectivity index (χ1n) is 9.79. The van der Waals surface area contributed by atoms with Crippen LogP contribution in [0.15, 0.2) is 42.5 Å². The van der Waals surface area contributed by atoms with Crippen LogP contribution in [0.2, 0.25) is 0 Å². The highest BCUT2D eigenvalue weighted by atomic mass is 16.2. The van der Waals surface area contributed by atoms with Crippen molar-refractivity contribution in [2.24, 2.45) is 0 Å². The van der Waals surface area contributed by atoms with E-state index in [4.69, 9.17) is 0 Å². The molecule has 140 valence electrons. The molecule has 4 rings (SSSR count). The molecule has 1 saturated heterocycles. The molecule has 5 heteroatoms. The van der Waals surface area contributed by atoms with E-state index < -0.39 is 0 Å². The quantitative estimate of drug-likeness (QED) is 0.846. The minimum Gasteiger partial charge on any atom is -0.325 e. The Kier molecular flexibility index (Phi) is 5.10. The first-order chi connectivity index (χ1) is 13.2. The summed E-state index contributed by atoms with van der Waals surface area (Å²) in [7, 11) is 0. The molecule has 1 aliphatic heterocycles. The number of benzene rings is 2. The lowest BCUT2D eigenvalue weighted by molar-refractivity contribution is 0.102. The number of nitrogens with one attached hydrogen (secondary N) is 2. The number of urea groups is 1. The van der Waals surface area contributed by atoms with E-state index in [0.29, 0.717) is 16.9 Å². The molecule has 5 nitrogen and oxygen atoms in total. The average molecular weight is 363 g/mol. The maximum atomic E-state index is 12.8. The van der Waals surface area contributed by atoms with Crippen molar-refractivity contribution in [3.05, 3.63) is 59.2 Å². The van der Waals surface area contributed by atoms with E-state index in [0.717, 1.165) is 38.8 Å². The van der Waals surface area contributed by atoms with Crippen LogP contribution in [0.1, 0.15) is 47.2 Å². The van der Waals surface area contributed by atoms with Gasteiger partial charge in [-0.2, -0.15) is 0 Å². The van der Waals surface area contributed by atoms with E-state index in [-0.39, 0.29) is 11.9 Å². The zero-order valence-corrected chi connectivity index (χ0v) is 15.5. The van der Waals surface area contributed by atoms with E-state index in [1.54, 1.807) is 0 Å². The molecular weight excluding hydrogens is 338 g/mol. The summed E-state index contributed by atoms with van der Waals surface area (Å²) in [5.41, 5.74) is 4.55. The Bertz CT molecular complexity index is 856. The summed E-state index contributed by atoms with van der Waals surface area (Å²) in [6.07, 6.45) is 6.64. The lowest BCUT2D eigenvalue weighted by Gasteiger charge is -2.19. The van der Waals surface area contributed by atoms with E-state index in [2.05, 4.69) is 16.7 Å². The Morgan fingerprint density at radius 2 is 1.44 bits per heavy atom. The zero-order chi connectivity index (χ0) is 18.6. The zero-order valence-electron chi connectivity index (χ0n) is 15.5. The van der Waals surface area contributed by atoms with E-state index in [9.17, 15) is 9.59 Å². The van der Waals surface area contributed by atoms with Crippen molar-refractivity contribution in [3.63, 3.8) is 0 Å². The molecule has 0 saturated carbocycles. The third-order valence-corrected chi connectivity index (χ3v) is 5.42. The van der Waals surface area contributed by atoms with E-state index in [1.165, 1.54) is 24.0 Å². The number of likely N-dealkylation sites (tertiary alicyclic amines) is 1. The number of nitrogens with zero attached hydrogens (tertiary/aromatic N) is 1. The number of anilines is 2. The highest BCUT2D eigenvalue weighted by Crippen LogP contribution is 2.25. The number of para-hydroxylation sites is 2. The van der Waals surface area contributed by atoms with Crippen LogP contribution in [0.5, 0.6) is 0 Å². The average Bonchev–Trinajstić information content (AvgIpc) is 3.24. The summed E-state index contributed by atoms with van der Waals surface area (Å²) in [6.45, 7) is 1.57. The highest BCUT2D eigenvalue weighted by molar-refractivity contribution is 6.07. The van der Waals surface area contributed by atoms with Gasteiger partial charge in [0.25, 0.3) is 5.91 Å². The summed E-state index contributed by atoms with van der Waals surface area (Å²) in [6, 6.07) is 13.2. The Morgan fingerprint density at radius 1 is 0.778 bits per heavy atom. The van der Waals surface area contributed by atoms with Gasteiger partial charge in [-0.15, -0.1) is 0 Å². The van der Waals surface area contributed by atoms with Crippen molar-refractivity contribution in [2.45, 2.75) is 38.5 Å². The Balaban J connectivity index is 1.49. The Labute approximate surface area is 159 Å². The molecule has 1 fully saturated rings. The van der Waals surface area contributed by atoms with Crippen molar-refractivity contribution in [1.29, 1.82) is 0 Å².